The number of fused-ring (bicyclic) bond motifs is 1. The van der Waals surface area contributed by atoms with Gasteiger partial charge in [-0.25, -0.2) is 9.79 Å². The first-order chi connectivity index (χ1) is 15.2. The van der Waals surface area contributed by atoms with Gasteiger partial charge in [0.1, 0.15) is 22.6 Å². The SMILES string of the molecule is CC(C)(C)[C@@H]1CCc2c(sc(N=Cc3ccc(-c4cc(C(=O)O)ccc4Cl)o3)c2C#N)C1. The van der Waals surface area contributed by atoms with Gasteiger partial charge < -0.3 is 9.52 Å². The number of aliphatic imine (C=N–C) groups is 1. The highest BCUT2D eigenvalue weighted by Gasteiger charge is 2.32. The van der Waals surface area contributed by atoms with E-state index in [1.807, 2.05) is 0 Å². The van der Waals surface area contributed by atoms with Crippen LogP contribution in [0.5, 0.6) is 0 Å². The van der Waals surface area contributed by atoms with Gasteiger partial charge in [0, 0.05) is 10.4 Å². The van der Waals surface area contributed by atoms with E-state index in [9.17, 15) is 15.2 Å². The van der Waals surface area contributed by atoms with E-state index < -0.39 is 5.97 Å². The maximum Gasteiger partial charge on any atom is 0.335 e. The van der Waals surface area contributed by atoms with Crippen LogP contribution in [0.2, 0.25) is 5.02 Å². The van der Waals surface area contributed by atoms with Crippen LogP contribution in [0.25, 0.3) is 11.3 Å². The number of carbonyl (C=O) groups is 1. The number of carboxylic acid groups (broad SMARTS) is 1. The van der Waals surface area contributed by atoms with Gasteiger partial charge in [0.25, 0.3) is 0 Å². The molecule has 0 spiro atoms. The standard InChI is InChI=1S/C25H23ClN2O3S/c1-25(2,3)15-5-7-17-19(12-27)23(32-22(17)11-15)28-13-16-6-9-21(31-16)18-10-14(24(29)30)4-8-20(18)26/h4,6,8-10,13,15H,5,7,11H2,1-3H3,(H,29,30)/t15-/m1/s1. The van der Waals surface area contributed by atoms with Crippen molar-refractivity contribution < 1.29 is 14.3 Å². The van der Waals surface area contributed by atoms with Crippen molar-refractivity contribution in [2.45, 2.75) is 40.0 Å². The lowest BCUT2D eigenvalue weighted by Crippen LogP contribution is -2.26. The fourth-order valence-electron chi connectivity index (χ4n) is 4.05. The molecule has 0 radical (unpaired) electrons. The normalized spacial score (nSPS) is 16.2. The number of furan rings is 1. The first-order valence-corrected chi connectivity index (χ1v) is 11.6. The Bertz CT molecular complexity index is 1260. The molecule has 1 aromatic carbocycles. The largest absolute Gasteiger partial charge is 0.478 e. The van der Waals surface area contributed by atoms with Gasteiger partial charge >= 0.3 is 5.97 Å². The van der Waals surface area contributed by atoms with Crippen molar-refractivity contribution in [3.63, 3.8) is 0 Å². The van der Waals surface area contributed by atoms with Crippen LogP contribution in [0.4, 0.5) is 5.00 Å². The van der Waals surface area contributed by atoms with E-state index in [0.717, 1.165) is 24.8 Å². The Morgan fingerprint density at radius 3 is 2.81 bits per heavy atom. The minimum Gasteiger partial charge on any atom is -0.478 e. The Kier molecular flexibility index (Phi) is 5.98. The van der Waals surface area contributed by atoms with Gasteiger partial charge in [0.05, 0.1) is 22.4 Å². The third-order valence-corrected chi connectivity index (χ3v) is 7.49. The molecule has 0 amide bonds. The van der Waals surface area contributed by atoms with Crippen molar-refractivity contribution >= 4 is 40.1 Å². The minimum absolute atomic E-state index is 0.132. The van der Waals surface area contributed by atoms with E-state index in [2.05, 4.69) is 31.8 Å². The van der Waals surface area contributed by atoms with Crippen LogP contribution in [0.15, 0.2) is 39.7 Å². The molecule has 2 aromatic heterocycles. The molecule has 32 heavy (non-hydrogen) atoms. The van der Waals surface area contributed by atoms with E-state index in [0.29, 0.717) is 38.6 Å². The summed E-state index contributed by atoms with van der Waals surface area (Å²) >= 11 is 7.83. The number of aromatic carboxylic acids is 1. The Morgan fingerprint density at radius 1 is 1.34 bits per heavy atom. The molecule has 164 valence electrons. The summed E-state index contributed by atoms with van der Waals surface area (Å²) in [5.41, 5.74) is 2.68. The summed E-state index contributed by atoms with van der Waals surface area (Å²) in [6.45, 7) is 6.81. The molecule has 0 aliphatic heterocycles. The molecule has 3 aromatic rings. The molecular weight excluding hydrogens is 444 g/mol. The van der Waals surface area contributed by atoms with Crippen molar-refractivity contribution in [2.75, 3.05) is 0 Å². The molecule has 1 N–H and O–H groups in total. The van der Waals surface area contributed by atoms with E-state index in [-0.39, 0.29) is 11.0 Å². The zero-order valence-electron chi connectivity index (χ0n) is 18.1. The van der Waals surface area contributed by atoms with E-state index in [1.165, 1.54) is 23.1 Å². The van der Waals surface area contributed by atoms with Gasteiger partial charge in [-0.15, -0.1) is 11.3 Å². The first kappa shape index (κ1) is 22.3. The number of thiophene rings is 1. The third-order valence-electron chi connectivity index (χ3n) is 6.00. The predicted octanol–water partition coefficient (Wildman–Crippen LogP) is 7.13. The molecule has 1 aliphatic rings. The maximum absolute atomic E-state index is 11.3. The van der Waals surface area contributed by atoms with Crippen LogP contribution in [-0.2, 0) is 12.8 Å². The average Bonchev–Trinajstić information content (AvgIpc) is 3.35. The minimum atomic E-state index is -1.03. The van der Waals surface area contributed by atoms with Gasteiger partial charge in [-0.3, -0.25) is 0 Å². The van der Waals surface area contributed by atoms with E-state index in [1.54, 1.807) is 29.7 Å². The number of benzene rings is 1. The fraction of sp³-hybridized carbons (Fsp3) is 0.320. The second-order valence-electron chi connectivity index (χ2n) is 9.06. The van der Waals surface area contributed by atoms with Crippen LogP contribution in [0, 0.1) is 22.7 Å². The number of carboxylic acids is 1. The van der Waals surface area contributed by atoms with E-state index in [4.69, 9.17) is 16.0 Å². The molecule has 2 heterocycles. The molecular formula is C25H23ClN2O3S. The molecule has 0 fully saturated rings. The zero-order chi connectivity index (χ0) is 23.0. The lowest BCUT2D eigenvalue weighted by Gasteiger charge is -2.33. The number of hydrogen-bond donors (Lipinski definition) is 1. The smallest absolute Gasteiger partial charge is 0.335 e. The molecule has 4 rings (SSSR count). The first-order valence-electron chi connectivity index (χ1n) is 10.4. The lowest BCUT2D eigenvalue weighted by molar-refractivity contribution is 0.0697. The molecule has 0 unspecified atom stereocenters. The van der Waals surface area contributed by atoms with Gasteiger partial charge in [-0.05, 0) is 66.5 Å². The van der Waals surface area contributed by atoms with Gasteiger partial charge in [0.15, 0.2) is 0 Å². The third kappa shape index (κ3) is 4.36. The molecule has 7 heteroatoms. The Labute approximate surface area is 196 Å². The summed E-state index contributed by atoms with van der Waals surface area (Å²) < 4.78 is 5.84. The zero-order valence-corrected chi connectivity index (χ0v) is 19.7. The molecule has 0 bridgehead atoms. The van der Waals surface area contributed by atoms with Crippen molar-refractivity contribution in [3.8, 4) is 17.4 Å². The average molecular weight is 467 g/mol. The summed E-state index contributed by atoms with van der Waals surface area (Å²) in [5.74, 6) is 0.518. The van der Waals surface area contributed by atoms with Crippen LogP contribution >= 0.6 is 22.9 Å². The Balaban J connectivity index is 1.60. The topological polar surface area (TPSA) is 86.6 Å². The molecule has 0 saturated carbocycles. The van der Waals surface area contributed by atoms with Crippen molar-refractivity contribution in [2.24, 2.45) is 16.3 Å². The number of hydrogen-bond acceptors (Lipinski definition) is 5. The summed E-state index contributed by atoms with van der Waals surface area (Å²) in [5, 5.41) is 20.1. The van der Waals surface area contributed by atoms with Gasteiger partial charge in [0.2, 0.25) is 0 Å². The lowest BCUT2D eigenvalue weighted by atomic mass is 9.72. The molecule has 1 aliphatic carbocycles. The van der Waals surface area contributed by atoms with Crippen molar-refractivity contribution in [3.05, 3.63) is 62.7 Å². The quantitative estimate of drug-likeness (QED) is 0.414. The number of nitrogens with zero attached hydrogens (tertiary/aromatic N) is 2. The second kappa shape index (κ2) is 8.57. The molecule has 5 nitrogen and oxygen atoms in total. The van der Waals surface area contributed by atoms with Gasteiger partial charge in [-0.1, -0.05) is 32.4 Å². The monoisotopic (exact) mass is 466 g/mol. The summed E-state index contributed by atoms with van der Waals surface area (Å²) in [6, 6.07) is 10.3. The highest BCUT2D eigenvalue weighted by molar-refractivity contribution is 7.16. The molecule has 0 saturated heterocycles. The predicted molar refractivity (Wildman–Crippen MR) is 127 cm³/mol. The van der Waals surface area contributed by atoms with Crippen LogP contribution in [0.1, 0.15) is 59.3 Å². The van der Waals surface area contributed by atoms with Crippen molar-refractivity contribution in [1.82, 2.24) is 0 Å². The highest BCUT2D eigenvalue weighted by Crippen LogP contribution is 2.45. The van der Waals surface area contributed by atoms with E-state index >= 15 is 0 Å². The summed E-state index contributed by atoms with van der Waals surface area (Å²) in [7, 11) is 0. The number of rotatable bonds is 4. The highest BCUT2D eigenvalue weighted by atomic mass is 35.5. The Hall–Kier alpha value is -2.88. The molecule has 1 atom stereocenters. The summed E-state index contributed by atoms with van der Waals surface area (Å²) in [6.07, 6.45) is 4.58. The van der Waals surface area contributed by atoms with Gasteiger partial charge in [-0.2, -0.15) is 5.26 Å². The second-order valence-corrected chi connectivity index (χ2v) is 10.6. The van der Waals surface area contributed by atoms with Crippen LogP contribution in [-0.4, -0.2) is 17.3 Å². The number of nitriles is 1. The number of halogens is 1. The van der Waals surface area contributed by atoms with Crippen molar-refractivity contribution in [1.29, 1.82) is 5.26 Å². The Morgan fingerprint density at radius 2 is 2.12 bits per heavy atom. The fourth-order valence-corrected chi connectivity index (χ4v) is 5.49. The summed E-state index contributed by atoms with van der Waals surface area (Å²) in [4.78, 5) is 17.1. The van der Waals surface area contributed by atoms with Crippen LogP contribution < -0.4 is 0 Å². The van der Waals surface area contributed by atoms with Crippen LogP contribution in [0.3, 0.4) is 0 Å². The maximum atomic E-state index is 11.3.